The minimum Gasteiger partial charge on any atom is -0.326 e. The number of allylic oxidation sites excluding steroid dienone is 1. The van der Waals surface area contributed by atoms with Crippen LogP contribution in [0.5, 0.6) is 0 Å². The number of amides is 1. The zero-order chi connectivity index (χ0) is 23.2. The quantitative estimate of drug-likeness (QED) is 0.240. The van der Waals surface area contributed by atoms with Crippen LogP contribution < -0.4 is 10.0 Å². The van der Waals surface area contributed by atoms with Gasteiger partial charge in [0, 0.05) is 21.9 Å². The van der Waals surface area contributed by atoms with E-state index in [0.29, 0.717) is 6.07 Å². The molecule has 0 aliphatic heterocycles. The van der Waals surface area contributed by atoms with Gasteiger partial charge in [0.2, 0.25) is 0 Å². The van der Waals surface area contributed by atoms with Gasteiger partial charge in [-0.1, -0.05) is 6.58 Å². The summed E-state index contributed by atoms with van der Waals surface area (Å²) < 4.78 is 79.1. The van der Waals surface area contributed by atoms with Gasteiger partial charge in [-0.25, -0.2) is 0 Å². The lowest BCUT2D eigenvalue weighted by Gasteiger charge is -2.16. The van der Waals surface area contributed by atoms with Crippen LogP contribution in [0.15, 0.2) is 64.5 Å². The van der Waals surface area contributed by atoms with Crippen molar-refractivity contribution in [1.82, 2.24) is 5.32 Å². The van der Waals surface area contributed by atoms with Crippen molar-refractivity contribution in [2.75, 3.05) is 11.0 Å². The smallest absolute Gasteiger partial charge is 0.326 e. The van der Waals surface area contributed by atoms with Gasteiger partial charge in [0.1, 0.15) is 0 Å². The lowest BCUT2D eigenvalue weighted by Crippen LogP contribution is -2.24. The summed E-state index contributed by atoms with van der Waals surface area (Å²) in [7, 11) is 0. The molecule has 2 aromatic carbocycles. The minimum atomic E-state index is -4.69. The van der Waals surface area contributed by atoms with Gasteiger partial charge in [-0.15, -0.1) is 11.8 Å². The third-order valence-corrected chi connectivity index (χ3v) is 5.50. The van der Waals surface area contributed by atoms with Crippen molar-refractivity contribution >= 4 is 35.3 Å². The van der Waals surface area contributed by atoms with E-state index in [1.807, 2.05) is 18.4 Å². The number of rotatable bonds is 8. The molecule has 2 aromatic rings. The first-order valence-electron chi connectivity index (χ1n) is 8.73. The Balaban J connectivity index is 2.20. The molecule has 0 aliphatic rings. The molecule has 3 nitrogen and oxygen atoms in total. The molecular formula is C20H18F6N2OS2. The van der Waals surface area contributed by atoms with Crippen molar-refractivity contribution in [2.45, 2.75) is 35.0 Å². The molecule has 0 spiro atoms. The zero-order valence-corrected chi connectivity index (χ0v) is 17.8. The van der Waals surface area contributed by atoms with Crippen LogP contribution in [-0.2, 0) is 6.18 Å². The standard InChI is InChI=1S/C20H18F6N2OS2/c1-12(9-10-19(21,22)23)27-18(29)16-11-13(20(24,25)26)3-8-17(16)28-31-15-6-4-14(30-2)5-7-15/h3-8,11,28H,1,9-10H2,2H3,(H,27,29). The molecule has 2 N–H and O–H groups in total. The largest absolute Gasteiger partial charge is 0.416 e. The van der Waals surface area contributed by atoms with Crippen molar-refractivity contribution in [1.29, 1.82) is 0 Å². The third kappa shape index (κ3) is 8.06. The molecule has 2 rings (SSSR count). The highest BCUT2D eigenvalue weighted by atomic mass is 32.2. The summed E-state index contributed by atoms with van der Waals surface area (Å²) in [4.78, 5) is 14.3. The van der Waals surface area contributed by atoms with Crippen LogP contribution in [0.3, 0.4) is 0 Å². The Labute approximate surface area is 183 Å². The second kappa shape index (κ2) is 10.4. The Morgan fingerprint density at radius 3 is 2.16 bits per heavy atom. The van der Waals surface area contributed by atoms with Crippen LogP contribution in [0.2, 0.25) is 0 Å². The van der Waals surface area contributed by atoms with Crippen molar-refractivity contribution in [2.24, 2.45) is 0 Å². The number of benzene rings is 2. The maximum Gasteiger partial charge on any atom is 0.416 e. The fourth-order valence-electron chi connectivity index (χ4n) is 2.34. The maximum atomic E-state index is 13.1. The molecule has 0 saturated heterocycles. The first kappa shape index (κ1) is 25.0. The van der Waals surface area contributed by atoms with Crippen molar-refractivity contribution in [3.8, 4) is 0 Å². The second-order valence-electron chi connectivity index (χ2n) is 6.31. The molecule has 0 fully saturated rings. The van der Waals surface area contributed by atoms with Crippen molar-refractivity contribution < 1.29 is 31.1 Å². The van der Waals surface area contributed by atoms with Gasteiger partial charge in [0.15, 0.2) is 0 Å². The van der Waals surface area contributed by atoms with Crippen LogP contribution in [0, 0.1) is 0 Å². The van der Waals surface area contributed by atoms with E-state index in [4.69, 9.17) is 0 Å². The predicted molar refractivity (Wildman–Crippen MR) is 111 cm³/mol. The lowest BCUT2D eigenvalue weighted by atomic mass is 10.1. The van der Waals surface area contributed by atoms with E-state index in [1.165, 1.54) is 0 Å². The highest BCUT2D eigenvalue weighted by Gasteiger charge is 2.32. The fraction of sp³-hybridized carbons (Fsp3) is 0.250. The third-order valence-electron chi connectivity index (χ3n) is 3.93. The molecule has 0 aromatic heterocycles. The Hall–Kier alpha value is -2.27. The molecule has 31 heavy (non-hydrogen) atoms. The molecule has 168 valence electrons. The van der Waals surface area contributed by atoms with Gasteiger partial charge in [-0.05, 0) is 67.1 Å². The Kier molecular flexibility index (Phi) is 8.35. The predicted octanol–water partition coefficient (Wildman–Crippen LogP) is 7.13. The summed E-state index contributed by atoms with van der Waals surface area (Å²) in [5.74, 6) is -0.987. The van der Waals surface area contributed by atoms with Gasteiger partial charge in [-0.2, -0.15) is 26.3 Å². The van der Waals surface area contributed by atoms with E-state index in [0.717, 1.165) is 33.9 Å². The molecule has 0 radical (unpaired) electrons. The maximum absolute atomic E-state index is 13.1. The second-order valence-corrected chi connectivity index (χ2v) is 8.07. The van der Waals surface area contributed by atoms with Crippen LogP contribution in [-0.4, -0.2) is 18.3 Å². The number of alkyl halides is 6. The molecule has 0 aliphatic carbocycles. The number of carbonyl (C=O) groups excluding carboxylic acids is 1. The lowest BCUT2D eigenvalue weighted by molar-refractivity contribution is -0.137. The minimum absolute atomic E-state index is 0.0769. The number of nitrogens with one attached hydrogen (secondary N) is 2. The topological polar surface area (TPSA) is 41.1 Å². The van der Waals surface area contributed by atoms with E-state index in [9.17, 15) is 31.1 Å². The number of thioether (sulfide) groups is 1. The fourth-order valence-corrected chi connectivity index (χ4v) is 3.42. The number of halogens is 6. The highest BCUT2D eigenvalue weighted by Crippen LogP contribution is 2.33. The molecule has 0 unspecified atom stereocenters. The van der Waals surface area contributed by atoms with E-state index in [2.05, 4.69) is 16.6 Å². The van der Waals surface area contributed by atoms with Crippen molar-refractivity contribution in [3.63, 3.8) is 0 Å². The monoisotopic (exact) mass is 480 g/mol. The Morgan fingerprint density at radius 1 is 1.00 bits per heavy atom. The van der Waals surface area contributed by atoms with E-state index >= 15 is 0 Å². The number of carbonyl (C=O) groups is 1. The average Bonchev–Trinajstić information content (AvgIpc) is 2.69. The summed E-state index contributed by atoms with van der Waals surface area (Å²) in [6, 6.07) is 9.87. The van der Waals surface area contributed by atoms with Gasteiger partial charge < -0.3 is 10.0 Å². The SMILES string of the molecule is C=C(CCC(F)(F)F)NC(=O)c1cc(C(F)(F)F)ccc1NSc1ccc(SC)cc1. The number of anilines is 1. The number of hydrogen-bond acceptors (Lipinski definition) is 4. The Bertz CT molecular complexity index is 927. The Morgan fingerprint density at radius 2 is 1.61 bits per heavy atom. The average molecular weight is 480 g/mol. The molecular weight excluding hydrogens is 462 g/mol. The molecule has 0 heterocycles. The molecule has 0 bridgehead atoms. The molecule has 1 amide bonds. The van der Waals surface area contributed by atoms with Crippen LogP contribution in [0.25, 0.3) is 0 Å². The first-order valence-corrected chi connectivity index (χ1v) is 10.8. The van der Waals surface area contributed by atoms with Crippen LogP contribution in [0.4, 0.5) is 32.0 Å². The number of hydrogen-bond donors (Lipinski definition) is 2. The summed E-state index contributed by atoms with van der Waals surface area (Å²) in [6.45, 7) is 3.35. The van der Waals surface area contributed by atoms with Crippen LogP contribution >= 0.6 is 23.7 Å². The van der Waals surface area contributed by atoms with E-state index in [1.54, 1.807) is 23.9 Å². The first-order chi connectivity index (χ1) is 14.4. The van der Waals surface area contributed by atoms with Gasteiger partial charge >= 0.3 is 12.4 Å². The highest BCUT2D eigenvalue weighted by molar-refractivity contribution is 8.00. The van der Waals surface area contributed by atoms with Crippen molar-refractivity contribution in [3.05, 3.63) is 65.9 Å². The molecule has 0 saturated carbocycles. The molecule has 11 heteroatoms. The summed E-state index contributed by atoms with van der Waals surface area (Å²) >= 11 is 2.62. The zero-order valence-electron chi connectivity index (χ0n) is 16.2. The van der Waals surface area contributed by atoms with E-state index < -0.39 is 36.7 Å². The molecule has 0 atom stereocenters. The summed E-state index contributed by atoms with van der Waals surface area (Å²) in [6.07, 6.45) is -9.01. The van der Waals surface area contributed by atoms with Crippen LogP contribution in [0.1, 0.15) is 28.8 Å². The van der Waals surface area contributed by atoms with Gasteiger partial charge in [0.05, 0.1) is 16.8 Å². The summed E-state index contributed by atoms with van der Waals surface area (Å²) in [5, 5.41) is 2.15. The summed E-state index contributed by atoms with van der Waals surface area (Å²) in [5.41, 5.74) is -1.59. The normalized spacial score (nSPS) is 11.8. The van der Waals surface area contributed by atoms with E-state index in [-0.39, 0.29) is 16.9 Å². The van der Waals surface area contributed by atoms with Gasteiger partial charge in [-0.3, -0.25) is 4.79 Å². The van der Waals surface area contributed by atoms with Gasteiger partial charge in [0.25, 0.3) is 5.91 Å².